The first-order valence-corrected chi connectivity index (χ1v) is 8.15. The first kappa shape index (κ1) is 15.5. The molecule has 0 saturated carbocycles. The van der Waals surface area contributed by atoms with E-state index >= 15 is 0 Å². The summed E-state index contributed by atoms with van der Waals surface area (Å²) in [4.78, 5) is 0. The van der Waals surface area contributed by atoms with Crippen molar-refractivity contribution in [3.05, 3.63) is 23.8 Å². The van der Waals surface area contributed by atoms with Crippen molar-refractivity contribution >= 4 is 11.8 Å². The number of rotatable bonds is 6. The molecule has 1 heterocycles. The van der Waals surface area contributed by atoms with Gasteiger partial charge in [0.1, 0.15) is 6.10 Å². The molecular formula is C15H23NO3S. The Morgan fingerprint density at radius 1 is 1.35 bits per heavy atom. The molecule has 0 aromatic heterocycles. The number of hydrogen-bond acceptors (Lipinski definition) is 5. The van der Waals surface area contributed by atoms with Gasteiger partial charge in [-0.05, 0) is 49.1 Å². The summed E-state index contributed by atoms with van der Waals surface area (Å²) in [6, 6.07) is 5.63. The molecule has 1 aliphatic rings. The van der Waals surface area contributed by atoms with Crippen molar-refractivity contribution in [1.82, 2.24) is 5.32 Å². The zero-order chi connectivity index (χ0) is 14.4. The second kappa shape index (κ2) is 7.76. The second-order valence-corrected chi connectivity index (χ2v) is 6.14. The lowest BCUT2D eigenvalue weighted by Crippen LogP contribution is -2.22. The van der Waals surface area contributed by atoms with Crippen molar-refractivity contribution in [2.75, 3.05) is 32.2 Å². The van der Waals surface area contributed by atoms with E-state index in [1.165, 1.54) is 0 Å². The van der Waals surface area contributed by atoms with Gasteiger partial charge in [0.2, 0.25) is 0 Å². The van der Waals surface area contributed by atoms with E-state index in [1.807, 2.05) is 37.0 Å². The van der Waals surface area contributed by atoms with Gasteiger partial charge in [-0.3, -0.25) is 0 Å². The topological polar surface area (TPSA) is 50.7 Å². The lowest BCUT2D eigenvalue weighted by molar-refractivity contribution is 0.171. The molecule has 20 heavy (non-hydrogen) atoms. The Labute approximate surface area is 124 Å². The minimum Gasteiger partial charge on any atom is -0.493 e. The predicted octanol–water partition coefficient (Wildman–Crippen LogP) is 2.22. The zero-order valence-electron chi connectivity index (χ0n) is 12.1. The highest BCUT2D eigenvalue weighted by Crippen LogP contribution is 2.33. The zero-order valence-corrected chi connectivity index (χ0v) is 12.9. The number of ether oxygens (including phenoxy) is 2. The van der Waals surface area contributed by atoms with Crippen LogP contribution in [0.4, 0.5) is 0 Å². The van der Waals surface area contributed by atoms with Gasteiger partial charge >= 0.3 is 0 Å². The smallest absolute Gasteiger partial charge is 0.161 e. The van der Waals surface area contributed by atoms with Crippen LogP contribution in [0.5, 0.6) is 11.5 Å². The third-order valence-corrected chi connectivity index (χ3v) is 4.48. The summed E-state index contributed by atoms with van der Waals surface area (Å²) < 4.78 is 11.4. The molecule has 0 bridgehead atoms. The molecule has 0 amide bonds. The Kier molecular flexibility index (Phi) is 6.01. The van der Waals surface area contributed by atoms with Crippen molar-refractivity contribution in [2.24, 2.45) is 0 Å². The van der Waals surface area contributed by atoms with Gasteiger partial charge in [0, 0.05) is 6.54 Å². The van der Waals surface area contributed by atoms with E-state index in [0.717, 1.165) is 41.4 Å². The number of methoxy groups -OCH3 is 1. The molecule has 5 heteroatoms. The minimum absolute atomic E-state index is 0.252. The molecule has 2 rings (SSSR count). The van der Waals surface area contributed by atoms with Crippen molar-refractivity contribution in [3.8, 4) is 11.5 Å². The lowest BCUT2D eigenvalue weighted by atomic mass is 10.1. The van der Waals surface area contributed by atoms with Crippen LogP contribution in [0.3, 0.4) is 0 Å². The summed E-state index contributed by atoms with van der Waals surface area (Å²) in [5.74, 6) is 3.75. The number of benzene rings is 1. The highest BCUT2D eigenvalue weighted by atomic mass is 32.2. The molecule has 1 aromatic rings. The summed E-state index contributed by atoms with van der Waals surface area (Å²) >= 11 is 1.97. The second-order valence-electron chi connectivity index (χ2n) is 4.91. The van der Waals surface area contributed by atoms with Crippen LogP contribution >= 0.6 is 11.8 Å². The number of likely N-dealkylation sites (N-methyl/N-ethyl adjacent to an activating group) is 1. The molecule has 1 unspecified atom stereocenters. The van der Waals surface area contributed by atoms with Gasteiger partial charge < -0.3 is 19.9 Å². The van der Waals surface area contributed by atoms with Gasteiger partial charge in [-0.1, -0.05) is 6.07 Å². The standard InChI is InChI=1S/C15H23NO3S/c1-16-10-13(17)11-3-4-14(18-2)15(9-11)19-12-5-7-20-8-6-12/h3-4,9,12-13,16-17H,5-8,10H2,1-2H3. The molecule has 2 N–H and O–H groups in total. The molecule has 1 atom stereocenters. The van der Waals surface area contributed by atoms with Gasteiger partial charge in [-0.2, -0.15) is 11.8 Å². The van der Waals surface area contributed by atoms with Crippen LogP contribution < -0.4 is 14.8 Å². The molecular weight excluding hydrogens is 274 g/mol. The third-order valence-electron chi connectivity index (χ3n) is 3.43. The fourth-order valence-electron chi connectivity index (χ4n) is 2.28. The third kappa shape index (κ3) is 4.04. The van der Waals surface area contributed by atoms with Crippen LogP contribution in [0, 0.1) is 0 Å². The van der Waals surface area contributed by atoms with Crippen molar-refractivity contribution < 1.29 is 14.6 Å². The monoisotopic (exact) mass is 297 g/mol. The summed E-state index contributed by atoms with van der Waals surface area (Å²) in [6.07, 6.45) is 1.85. The largest absolute Gasteiger partial charge is 0.493 e. The average Bonchev–Trinajstić information content (AvgIpc) is 2.48. The molecule has 1 fully saturated rings. The normalized spacial score (nSPS) is 17.8. The van der Waals surface area contributed by atoms with E-state index < -0.39 is 6.10 Å². The van der Waals surface area contributed by atoms with Crippen LogP contribution in [0.1, 0.15) is 24.5 Å². The highest BCUT2D eigenvalue weighted by Gasteiger charge is 2.18. The van der Waals surface area contributed by atoms with E-state index in [1.54, 1.807) is 7.11 Å². The number of hydrogen-bond donors (Lipinski definition) is 2. The van der Waals surface area contributed by atoms with E-state index in [4.69, 9.17) is 9.47 Å². The number of thioether (sulfide) groups is 1. The highest BCUT2D eigenvalue weighted by molar-refractivity contribution is 7.99. The quantitative estimate of drug-likeness (QED) is 0.843. The van der Waals surface area contributed by atoms with Crippen molar-refractivity contribution in [1.29, 1.82) is 0 Å². The van der Waals surface area contributed by atoms with Crippen molar-refractivity contribution in [3.63, 3.8) is 0 Å². The fraction of sp³-hybridized carbons (Fsp3) is 0.600. The van der Waals surface area contributed by atoms with Gasteiger partial charge in [0.05, 0.1) is 13.2 Å². The Balaban J connectivity index is 2.13. The first-order chi connectivity index (χ1) is 9.74. The predicted molar refractivity (Wildman–Crippen MR) is 82.9 cm³/mol. The Bertz CT molecular complexity index is 422. The maximum atomic E-state index is 10.1. The molecule has 0 radical (unpaired) electrons. The van der Waals surface area contributed by atoms with Gasteiger partial charge in [0.15, 0.2) is 11.5 Å². The average molecular weight is 297 g/mol. The molecule has 1 aromatic carbocycles. The number of aliphatic hydroxyl groups is 1. The Morgan fingerprint density at radius 3 is 2.75 bits per heavy atom. The van der Waals surface area contributed by atoms with Crippen molar-refractivity contribution in [2.45, 2.75) is 25.0 Å². The number of aliphatic hydroxyl groups excluding tert-OH is 1. The first-order valence-electron chi connectivity index (χ1n) is 6.99. The summed E-state index contributed by atoms with van der Waals surface area (Å²) in [5, 5.41) is 13.0. The number of nitrogens with one attached hydrogen (secondary N) is 1. The van der Waals surface area contributed by atoms with Crippen LogP contribution in [0.25, 0.3) is 0 Å². The molecule has 0 aliphatic carbocycles. The van der Waals surface area contributed by atoms with Crippen LogP contribution in [-0.2, 0) is 0 Å². The lowest BCUT2D eigenvalue weighted by Gasteiger charge is -2.24. The summed E-state index contributed by atoms with van der Waals surface area (Å²) in [7, 11) is 3.46. The van der Waals surface area contributed by atoms with E-state index in [9.17, 15) is 5.11 Å². The summed E-state index contributed by atoms with van der Waals surface area (Å²) in [6.45, 7) is 0.520. The van der Waals surface area contributed by atoms with E-state index in [-0.39, 0.29) is 6.10 Å². The Morgan fingerprint density at radius 2 is 2.10 bits per heavy atom. The summed E-state index contributed by atoms with van der Waals surface area (Å²) in [5.41, 5.74) is 0.848. The maximum absolute atomic E-state index is 10.1. The molecule has 0 spiro atoms. The van der Waals surface area contributed by atoms with Gasteiger partial charge in [0.25, 0.3) is 0 Å². The van der Waals surface area contributed by atoms with Crippen LogP contribution in [0.2, 0.25) is 0 Å². The van der Waals surface area contributed by atoms with Gasteiger partial charge in [-0.15, -0.1) is 0 Å². The fourth-order valence-corrected chi connectivity index (χ4v) is 3.34. The SMILES string of the molecule is CNCC(O)c1ccc(OC)c(OC2CCSCC2)c1. The van der Waals surface area contributed by atoms with Gasteiger partial charge in [-0.25, -0.2) is 0 Å². The van der Waals surface area contributed by atoms with E-state index in [2.05, 4.69) is 5.32 Å². The van der Waals surface area contributed by atoms with E-state index in [0.29, 0.717) is 6.54 Å². The minimum atomic E-state index is -0.532. The molecule has 1 aliphatic heterocycles. The van der Waals surface area contributed by atoms with Crippen LogP contribution in [0.15, 0.2) is 18.2 Å². The Hall–Kier alpha value is -0.910. The van der Waals surface area contributed by atoms with Crippen LogP contribution in [-0.4, -0.2) is 43.4 Å². The maximum Gasteiger partial charge on any atom is 0.161 e. The molecule has 112 valence electrons. The molecule has 4 nitrogen and oxygen atoms in total. The molecule has 1 saturated heterocycles.